The molecule has 0 saturated heterocycles. The van der Waals surface area contributed by atoms with Crippen molar-refractivity contribution in [1.82, 2.24) is 10.2 Å². The van der Waals surface area contributed by atoms with Crippen LogP contribution in [0, 0.1) is 11.8 Å². The van der Waals surface area contributed by atoms with Crippen LogP contribution in [0.5, 0.6) is 0 Å². The Labute approximate surface area is 109 Å². The van der Waals surface area contributed by atoms with Crippen LogP contribution in [0.3, 0.4) is 0 Å². The number of hydrogen-bond acceptors (Lipinski definition) is 2. The van der Waals surface area contributed by atoms with Gasteiger partial charge in [0.1, 0.15) is 0 Å². The highest BCUT2D eigenvalue weighted by Gasteiger charge is 2.19. The molecule has 2 amide bonds. The van der Waals surface area contributed by atoms with Gasteiger partial charge in [-0.3, -0.25) is 4.79 Å². The number of amides is 2. The maximum Gasteiger partial charge on any atom is 0.317 e. The number of carboxylic acid groups (broad SMARTS) is 1. The van der Waals surface area contributed by atoms with Crippen molar-refractivity contribution in [3.05, 3.63) is 0 Å². The van der Waals surface area contributed by atoms with Crippen molar-refractivity contribution in [3.8, 4) is 0 Å². The van der Waals surface area contributed by atoms with E-state index in [1.807, 2.05) is 0 Å². The van der Waals surface area contributed by atoms with Gasteiger partial charge in [0.25, 0.3) is 0 Å². The highest BCUT2D eigenvalue weighted by atomic mass is 16.4. The zero-order chi connectivity index (χ0) is 13.5. The molecule has 1 aliphatic rings. The van der Waals surface area contributed by atoms with E-state index in [0.717, 1.165) is 0 Å². The van der Waals surface area contributed by atoms with Crippen molar-refractivity contribution >= 4 is 12.0 Å². The summed E-state index contributed by atoms with van der Waals surface area (Å²) in [6.45, 7) is 2.56. The summed E-state index contributed by atoms with van der Waals surface area (Å²) >= 11 is 0. The first-order valence-corrected chi connectivity index (χ1v) is 6.72. The topological polar surface area (TPSA) is 69.6 Å². The number of nitrogens with one attached hydrogen (secondary N) is 1. The molecule has 1 atom stereocenters. The second-order valence-corrected chi connectivity index (χ2v) is 5.31. The lowest BCUT2D eigenvalue weighted by Crippen LogP contribution is -2.42. The minimum atomic E-state index is -0.873. The number of aliphatic carboxylic acids is 1. The van der Waals surface area contributed by atoms with Crippen molar-refractivity contribution in [2.45, 2.75) is 39.0 Å². The summed E-state index contributed by atoms with van der Waals surface area (Å²) in [4.78, 5) is 23.9. The Morgan fingerprint density at radius 2 is 1.94 bits per heavy atom. The summed E-state index contributed by atoms with van der Waals surface area (Å²) in [5.41, 5.74) is 0. The Bertz CT molecular complexity index is 288. The fraction of sp³-hybridized carbons (Fsp3) is 0.846. The normalized spacial score (nSPS) is 18.1. The molecule has 5 heteroatoms. The van der Waals surface area contributed by atoms with Gasteiger partial charge in [-0.1, -0.05) is 26.2 Å². The minimum Gasteiger partial charge on any atom is -0.481 e. The Morgan fingerprint density at radius 3 is 2.50 bits per heavy atom. The molecule has 0 heterocycles. The predicted molar refractivity (Wildman–Crippen MR) is 69.4 cm³/mol. The number of hydrogen-bond donors (Lipinski definition) is 2. The molecular weight excluding hydrogens is 232 g/mol. The average molecular weight is 256 g/mol. The van der Waals surface area contributed by atoms with Crippen molar-refractivity contribution in [1.29, 1.82) is 0 Å². The molecule has 1 fully saturated rings. The van der Waals surface area contributed by atoms with E-state index in [4.69, 9.17) is 5.11 Å². The van der Waals surface area contributed by atoms with E-state index in [9.17, 15) is 9.59 Å². The molecule has 5 nitrogen and oxygen atoms in total. The third kappa shape index (κ3) is 4.94. The molecule has 0 bridgehead atoms. The molecule has 0 aromatic rings. The van der Waals surface area contributed by atoms with E-state index in [1.165, 1.54) is 37.0 Å². The molecule has 104 valence electrons. The molecule has 1 saturated carbocycles. The Morgan fingerprint density at radius 1 is 1.33 bits per heavy atom. The van der Waals surface area contributed by atoms with Crippen molar-refractivity contribution < 1.29 is 14.7 Å². The smallest absolute Gasteiger partial charge is 0.317 e. The van der Waals surface area contributed by atoms with E-state index >= 15 is 0 Å². The third-order valence-corrected chi connectivity index (χ3v) is 3.58. The van der Waals surface area contributed by atoms with Gasteiger partial charge in [-0.2, -0.15) is 0 Å². The molecular formula is C13H24N2O3. The SMILES string of the molecule is CC(CN(C)C(=O)NCC1CCCCC1)C(=O)O. The minimum absolute atomic E-state index is 0.173. The maximum atomic E-state index is 11.8. The van der Waals surface area contributed by atoms with E-state index in [2.05, 4.69) is 5.32 Å². The largest absolute Gasteiger partial charge is 0.481 e. The summed E-state index contributed by atoms with van der Waals surface area (Å²) < 4.78 is 0. The van der Waals surface area contributed by atoms with Gasteiger partial charge in [0.2, 0.25) is 0 Å². The molecule has 0 aliphatic heterocycles. The van der Waals surface area contributed by atoms with Crippen LogP contribution in [0.1, 0.15) is 39.0 Å². The number of carbonyl (C=O) groups excluding carboxylic acids is 1. The predicted octanol–water partition coefficient (Wildman–Crippen LogP) is 1.93. The fourth-order valence-corrected chi connectivity index (χ4v) is 2.33. The average Bonchev–Trinajstić information content (AvgIpc) is 2.36. The van der Waals surface area contributed by atoms with E-state index in [0.29, 0.717) is 12.5 Å². The van der Waals surface area contributed by atoms with Crippen LogP contribution in [0.15, 0.2) is 0 Å². The van der Waals surface area contributed by atoms with Crippen molar-refractivity contribution in [2.24, 2.45) is 11.8 Å². The first-order valence-electron chi connectivity index (χ1n) is 6.72. The van der Waals surface area contributed by atoms with Gasteiger partial charge < -0.3 is 15.3 Å². The Kier molecular flexibility index (Phi) is 5.95. The highest BCUT2D eigenvalue weighted by molar-refractivity contribution is 5.75. The first-order chi connectivity index (χ1) is 8.50. The third-order valence-electron chi connectivity index (χ3n) is 3.58. The molecule has 2 N–H and O–H groups in total. The summed E-state index contributed by atoms with van der Waals surface area (Å²) in [5, 5.41) is 11.7. The van der Waals surface area contributed by atoms with Gasteiger partial charge >= 0.3 is 12.0 Å². The number of carbonyl (C=O) groups is 2. The zero-order valence-electron chi connectivity index (χ0n) is 11.3. The first kappa shape index (κ1) is 14.8. The standard InChI is InChI=1S/C13H24N2O3/c1-10(12(16)17)9-15(2)13(18)14-8-11-6-4-3-5-7-11/h10-11H,3-9H2,1-2H3,(H,14,18)(H,16,17). The Balaban J connectivity index is 2.24. The van der Waals surface area contributed by atoms with Crippen LogP contribution < -0.4 is 5.32 Å². The molecule has 0 aromatic carbocycles. The van der Waals surface area contributed by atoms with Crippen LogP contribution >= 0.6 is 0 Å². The number of rotatable bonds is 5. The molecule has 0 radical (unpaired) electrons. The molecule has 1 aliphatic carbocycles. The summed E-state index contributed by atoms with van der Waals surface area (Å²) in [5.74, 6) is -0.814. The van der Waals surface area contributed by atoms with Gasteiger partial charge in [0.15, 0.2) is 0 Å². The number of carboxylic acids is 1. The lowest BCUT2D eigenvalue weighted by molar-refractivity contribution is -0.141. The lowest BCUT2D eigenvalue weighted by atomic mass is 9.89. The zero-order valence-corrected chi connectivity index (χ0v) is 11.3. The molecule has 1 rings (SSSR count). The van der Waals surface area contributed by atoms with Crippen LogP contribution in [0.25, 0.3) is 0 Å². The van der Waals surface area contributed by atoms with E-state index in [-0.39, 0.29) is 12.6 Å². The second kappa shape index (κ2) is 7.24. The second-order valence-electron chi connectivity index (χ2n) is 5.31. The van der Waals surface area contributed by atoms with Crippen LogP contribution in [-0.4, -0.2) is 42.1 Å². The van der Waals surface area contributed by atoms with Crippen molar-refractivity contribution in [2.75, 3.05) is 20.1 Å². The van der Waals surface area contributed by atoms with Gasteiger partial charge in [-0.25, -0.2) is 4.79 Å². The summed E-state index contributed by atoms with van der Waals surface area (Å²) in [6, 6.07) is -0.173. The van der Waals surface area contributed by atoms with Crippen LogP contribution in [0.2, 0.25) is 0 Å². The van der Waals surface area contributed by atoms with Crippen molar-refractivity contribution in [3.63, 3.8) is 0 Å². The highest BCUT2D eigenvalue weighted by Crippen LogP contribution is 2.22. The molecule has 0 aromatic heterocycles. The van der Waals surface area contributed by atoms with E-state index in [1.54, 1.807) is 14.0 Å². The molecule has 1 unspecified atom stereocenters. The van der Waals surface area contributed by atoms with Gasteiger partial charge in [-0.05, 0) is 18.8 Å². The number of nitrogens with zero attached hydrogens (tertiary/aromatic N) is 1. The van der Waals surface area contributed by atoms with Gasteiger partial charge in [0.05, 0.1) is 5.92 Å². The summed E-state index contributed by atoms with van der Waals surface area (Å²) in [7, 11) is 1.63. The lowest BCUT2D eigenvalue weighted by Gasteiger charge is -2.24. The van der Waals surface area contributed by atoms with Gasteiger partial charge in [0, 0.05) is 20.1 Å². The monoisotopic (exact) mass is 256 g/mol. The maximum absolute atomic E-state index is 11.8. The quantitative estimate of drug-likeness (QED) is 0.789. The van der Waals surface area contributed by atoms with E-state index < -0.39 is 11.9 Å². The fourth-order valence-electron chi connectivity index (χ4n) is 2.33. The molecule has 0 spiro atoms. The summed E-state index contributed by atoms with van der Waals surface area (Å²) in [6.07, 6.45) is 6.20. The van der Waals surface area contributed by atoms with Gasteiger partial charge in [-0.15, -0.1) is 0 Å². The number of urea groups is 1. The molecule has 18 heavy (non-hydrogen) atoms. The van der Waals surface area contributed by atoms with Crippen LogP contribution in [0.4, 0.5) is 4.79 Å². The van der Waals surface area contributed by atoms with Crippen LogP contribution in [-0.2, 0) is 4.79 Å². The Hall–Kier alpha value is -1.26.